The molecule has 0 fully saturated rings. The number of benzene rings is 2. The van der Waals surface area contributed by atoms with Crippen LogP contribution in [0.15, 0.2) is 40.8 Å². The van der Waals surface area contributed by atoms with Gasteiger partial charge in [0.05, 0.1) is 12.6 Å². The van der Waals surface area contributed by atoms with E-state index in [4.69, 9.17) is 4.42 Å². The van der Waals surface area contributed by atoms with E-state index in [0.717, 1.165) is 22.8 Å². The molecule has 0 bridgehead atoms. The minimum atomic E-state index is 0.253. The normalized spacial score (nSPS) is 16.4. The van der Waals surface area contributed by atoms with Gasteiger partial charge in [-0.25, -0.2) is 4.57 Å². The van der Waals surface area contributed by atoms with Crippen LogP contribution in [-0.4, -0.2) is 9.78 Å². The highest BCUT2D eigenvalue weighted by molar-refractivity contribution is 6.06. The Morgan fingerprint density at radius 3 is 2.82 bits per heavy atom. The summed E-state index contributed by atoms with van der Waals surface area (Å²) in [5, 5.41) is 7.04. The van der Waals surface area contributed by atoms with Gasteiger partial charge >= 0.3 is 0 Å². The van der Waals surface area contributed by atoms with Crippen LogP contribution < -0.4 is 4.57 Å². The maximum absolute atomic E-state index is 6.04. The summed E-state index contributed by atoms with van der Waals surface area (Å²) < 4.78 is 10.3. The van der Waals surface area contributed by atoms with E-state index in [1.807, 2.05) is 19.1 Å². The lowest BCUT2D eigenvalue weighted by molar-refractivity contribution is -0.667. The number of aryl methyl sites for hydroxylation is 1. The molecule has 0 amide bonds. The molecule has 0 N–H and O–H groups in total. The molecule has 0 saturated heterocycles. The Bertz CT molecular complexity index is 1070. The van der Waals surface area contributed by atoms with Gasteiger partial charge < -0.3 is 4.42 Å². The third-order valence-electron chi connectivity index (χ3n) is 4.88. The highest BCUT2D eigenvalue weighted by atomic mass is 16.3. The van der Waals surface area contributed by atoms with Crippen molar-refractivity contribution >= 4 is 21.9 Å². The summed E-state index contributed by atoms with van der Waals surface area (Å²) in [4.78, 5) is 0. The lowest BCUT2D eigenvalue weighted by atomic mass is 10.0. The van der Waals surface area contributed by atoms with Crippen molar-refractivity contribution in [2.75, 3.05) is 0 Å². The zero-order chi connectivity index (χ0) is 15.0. The van der Waals surface area contributed by atoms with Crippen LogP contribution in [0.1, 0.15) is 24.4 Å². The van der Waals surface area contributed by atoms with Crippen molar-refractivity contribution in [3.05, 3.63) is 47.8 Å². The highest BCUT2D eigenvalue weighted by Gasteiger charge is 2.37. The molecule has 0 aliphatic carbocycles. The summed E-state index contributed by atoms with van der Waals surface area (Å²) in [6.45, 7) is 4.24. The first-order valence-corrected chi connectivity index (χ1v) is 7.56. The second-order valence-electron chi connectivity index (χ2n) is 6.08. The molecule has 3 heterocycles. The molecular formula is C18H16N3O+. The molecule has 0 saturated carbocycles. The van der Waals surface area contributed by atoms with Crippen molar-refractivity contribution in [2.45, 2.75) is 19.9 Å². The van der Waals surface area contributed by atoms with Crippen LogP contribution in [0.5, 0.6) is 0 Å². The first-order chi connectivity index (χ1) is 10.6. The molecule has 2 aromatic carbocycles. The van der Waals surface area contributed by atoms with Crippen LogP contribution in [0.25, 0.3) is 33.3 Å². The van der Waals surface area contributed by atoms with E-state index in [-0.39, 0.29) is 6.04 Å². The summed E-state index contributed by atoms with van der Waals surface area (Å²) in [6, 6.07) is 12.9. The lowest BCUT2D eigenvalue weighted by Crippen LogP contribution is -2.31. The molecule has 22 heavy (non-hydrogen) atoms. The number of aromatic nitrogens is 3. The maximum Gasteiger partial charge on any atom is 0.274 e. The van der Waals surface area contributed by atoms with E-state index >= 15 is 0 Å². The van der Waals surface area contributed by atoms with Gasteiger partial charge in [0.15, 0.2) is 0 Å². The maximum atomic E-state index is 6.04. The quantitative estimate of drug-likeness (QED) is 0.465. The Labute approximate surface area is 127 Å². The molecule has 4 nitrogen and oxygen atoms in total. The third-order valence-corrected chi connectivity index (χ3v) is 4.88. The molecule has 1 atom stereocenters. The number of rotatable bonds is 0. The van der Waals surface area contributed by atoms with Crippen LogP contribution in [-0.2, 0) is 7.05 Å². The fraction of sp³-hybridized carbons (Fsp3) is 0.222. The van der Waals surface area contributed by atoms with Crippen LogP contribution in [0.2, 0.25) is 0 Å². The van der Waals surface area contributed by atoms with Crippen molar-refractivity contribution in [1.29, 1.82) is 0 Å². The average Bonchev–Trinajstić information content (AvgIpc) is 3.11. The van der Waals surface area contributed by atoms with E-state index in [1.54, 1.807) is 0 Å². The minimum Gasteiger partial charge on any atom is -0.456 e. The molecule has 1 unspecified atom stereocenters. The smallest absolute Gasteiger partial charge is 0.274 e. The summed E-state index contributed by atoms with van der Waals surface area (Å²) in [5.41, 5.74) is 4.43. The Balaban J connectivity index is 1.91. The largest absolute Gasteiger partial charge is 0.456 e. The molecule has 5 rings (SSSR count). The molecule has 4 heteroatoms. The van der Waals surface area contributed by atoms with Gasteiger partial charge in [-0.15, -0.1) is 4.68 Å². The molecule has 4 aromatic rings. The zero-order valence-corrected chi connectivity index (χ0v) is 12.8. The Hall–Kier alpha value is -2.62. The first-order valence-electron chi connectivity index (χ1n) is 7.56. The minimum absolute atomic E-state index is 0.253. The Morgan fingerprint density at radius 2 is 1.95 bits per heavy atom. The van der Waals surface area contributed by atoms with E-state index in [1.165, 1.54) is 21.9 Å². The lowest BCUT2D eigenvalue weighted by Gasteiger charge is -2.02. The summed E-state index contributed by atoms with van der Waals surface area (Å²) in [5.74, 6) is 2.18. The van der Waals surface area contributed by atoms with Crippen LogP contribution in [0, 0.1) is 6.92 Å². The average molecular weight is 290 g/mol. The summed E-state index contributed by atoms with van der Waals surface area (Å²) in [6.07, 6.45) is 0. The second-order valence-corrected chi connectivity index (χ2v) is 6.08. The van der Waals surface area contributed by atoms with Gasteiger partial charge in [-0.1, -0.05) is 18.2 Å². The fourth-order valence-electron chi connectivity index (χ4n) is 3.61. The second kappa shape index (κ2) is 3.77. The van der Waals surface area contributed by atoms with E-state index in [2.05, 4.69) is 52.6 Å². The van der Waals surface area contributed by atoms with E-state index in [9.17, 15) is 0 Å². The summed E-state index contributed by atoms with van der Waals surface area (Å²) in [7, 11) is 2.07. The van der Waals surface area contributed by atoms with Crippen molar-refractivity contribution in [1.82, 2.24) is 9.78 Å². The van der Waals surface area contributed by atoms with Gasteiger partial charge in [-0.05, 0) is 25.1 Å². The van der Waals surface area contributed by atoms with Gasteiger partial charge in [0.2, 0.25) is 0 Å². The Kier molecular flexibility index (Phi) is 2.05. The number of nitrogens with zero attached hydrogens (tertiary/aromatic N) is 3. The number of furan rings is 1. The molecule has 0 radical (unpaired) electrons. The van der Waals surface area contributed by atoms with Crippen LogP contribution in [0.4, 0.5) is 0 Å². The SMILES string of the molecule is Cc1nn2c([n+]1C)-c1cc3oc4ccccc4c3cc1C2C. The van der Waals surface area contributed by atoms with Crippen molar-refractivity contribution in [2.24, 2.45) is 7.05 Å². The van der Waals surface area contributed by atoms with E-state index < -0.39 is 0 Å². The van der Waals surface area contributed by atoms with Crippen LogP contribution in [0.3, 0.4) is 0 Å². The summed E-state index contributed by atoms with van der Waals surface area (Å²) >= 11 is 0. The zero-order valence-electron chi connectivity index (χ0n) is 12.8. The highest BCUT2D eigenvalue weighted by Crippen LogP contribution is 2.41. The predicted octanol–water partition coefficient (Wildman–Crippen LogP) is 3.51. The van der Waals surface area contributed by atoms with Crippen molar-refractivity contribution in [3.8, 4) is 11.4 Å². The predicted molar refractivity (Wildman–Crippen MR) is 84.7 cm³/mol. The molecule has 108 valence electrons. The molecular weight excluding hydrogens is 274 g/mol. The molecule has 2 aromatic heterocycles. The van der Waals surface area contributed by atoms with Crippen molar-refractivity contribution in [3.63, 3.8) is 0 Å². The fourth-order valence-corrected chi connectivity index (χ4v) is 3.61. The van der Waals surface area contributed by atoms with E-state index in [0.29, 0.717) is 0 Å². The van der Waals surface area contributed by atoms with Gasteiger partial charge in [0, 0.05) is 28.4 Å². The molecule has 1 aliphatic rings. The molecule has 0 spiro atoms. The van der Waals surface area contributed by atoms with Gasteiger partial charge in [0.1, 0.15) is 17.2 Å². The number of para-hydroxylation sites is 1. The number of hydrogen-bond donors (Lipinski definition) is 0. The standard InChI is InChI=1S/C18H16N3O/c1-10-13-8-14-12-6-4-5-7-16(12)22-17(14)9-15(13)18-20(3)11(2)19-21(10)18/h4-10H,1-3H3/q+1. The van der Waals surface area contributed by atoms with Gasteiger partial charge in [-0.3, -0.25) is 0 Å². The number of fused-ring (bicyclic) bond motifs is 6. The third kappa shape index (κ3) is 1.28. The molecule has 1 aliphatic heterocycles. The monoisotopic (exact) mass is 290 g/mol. The number of hydrogen-bond acceptors (Lipinski definition) is 2. The topological polar surface area (TPSA) is 34.8 Å². The Morgan fingerprint density at radius 1 is 1.14 bits per heavy atom. The van der Waals surface area contributed by atoms with Gasteiger partial charge in [0.25, 0.3) is 11.6 Å². The first kappa shape index (κ1) is 12.0. The van der Waals surface area contributed by atoms with Crippen molar-refractivity contribution < 1.29 is 8.98 Å². The van der Waals surface area contributed by atoms with Crippen LogP contribution >= 0.6 is 0 Å². The van der Waals surface area contributed by atoms with Gasteiger partial charge in [-0.2, -0.15) is 0 Å².